The molecule has 3 heterocycles. The lowest BCUT2D eigenvalue weighted by molar-refractivity contribution is 0.0489. The van der Waals surface area contributed by atoms with Gasteiger partial charge in [-0.15, -0.1) is 5.10 Å². The summed E-state index contributed by atoms with van der Waals surface area (Å²) in [5.41, 5.74) is 5.02. The van der Waals surface area contributed by atoms with Gasteiger partial charge < -0.3 is 9.72 Å². The van der Waals surface area contributed by atoms with Crippen molar-refractivity contribution in [3.8, 4) is 0 Å². The maximum atomic E-state index is 13.2. The van der Waals surface area contributed by atoms with Crippen LogP contribution in [-0.4, -0.2) is 49.3 Å². The molecule has 0 spiro atoms. The van der Waals surface area contributed by atoms with Crippen LogP contribution >= 0.6 is 0 Å². The van der Waals surface area contributed by atoms with E-state index in [2.05, 4.69) is 70.4 Å². The number of hydrogen-bond donors (Lipinski definition) is 1. The topological polar surface area (TPSA) is 88.9 Å². The Morgan fingerprint density at radius 3 is 2.78 bits per heavy atom. The number of hydrogen-bond acceptors (Lipinski definition) is 6. The molecule has 2 aromatic carbocycles. The van der Waals surface area contributed by atoms with Crippen LogP contribution in [0.25, 0.3) is 10.9 Å². The number of aromatic amines is 1. The number of ether oxygens (including phenoxy) is 1. The van der Waals surface area contributed by atoms with Gasteiger partial charge in [0.1, 0.15) is 0 Å². The maximum Gasteiger partial charge on any atom is 0.252 e. The zero-order valence-corrected chi connectivity index (χ0v) is 21.3. The van der Waals surface area contributed by atoms with E-state index in [4.69, 9.17) is 4.74 Å². The Morgan fingerprint density at radius 2 is 2.03 bits per heavy atom. The molecule has 1 aliphatic heterocycles. The van der Waals surface area contributed by atoms with Gasteiger partial charge >= 0.3 is 0 Å². The van der Waals surface area contributed by atoms with Gasteiger partial charge in [0.25, 0.3) is 5.56 Å². The molecule has 36 heavy (non-hydrogen) atoms. The minimum absolute atomic E-state index is 0.0488. The molecule has 188 valence electrons. The standard InChI is InChI=1S/C28H34N6O2/c1-4-25(27-30-31-32-34(27)16-21-9-6-5-7-10-21)33(18-24-11-8-14-36-24)17-23-15-22-13-12-19(2)20(3)26(22)29-28(23)35/h5-7,9-10,12-13,15,24-25H,4,8,11,14,16-18H2,1-3H3,(H,29,35)/t24-,25-/m1/s1. The third-order valence-corrected chi connectivity index (χ3v) is 7.32. The van der Waals surface area contributed by atoms with Crippen LogP contribution in [0.15, 0.2) is 53.3 Å². The zero-order valence-electron chi connectivity index (χ0n) is 21.3. The number of benzene rings is 2. The van der Waals surface area contributed by atoms with Gasteiger partial charge in [0.2, 0.25) is 0 Å². The molecule has 0 amide bonds. The number of nitrogens with one attached hydrogen (secondary N) is 1. The Bertz CT molecular complexity index is 1370. The molecule has 1 saturated heterocycles. The Hall–Kier alpha value is -3.36. The molecule has 2 atom stereocenters. The summed E-state index contributed by atoms with van der Waals surface area (Å²) in [5.74, 6) is 0.808. The highest BCUT2D eigenvalue weighted by Gasteiger charge is 2.29. The number of H-pyrrole nitrogens is 1. The average molecular weight is 487 g/mol. The minimum atomic E-state index is -0.0530. The van der Waals surface area contributed by atoms with Crippen LogP contribution in [0.2, 0.25) is 0 Å². The summed E-state index contributed by atoms with van der Waals surface area (Å²) in [6.07, 6.45) is 3.04. The van der Waals surface area contributed by atoms with Gasteiger partial charge in [-0.2, -0.15) is 0 Å². The number of aryl methyl sites for hydroxylation is 2. The quantitative estimate of drug-likeness (QED) is 0.379. The number of rotatable bonds is 9. The van der Waals surface area contributed by atoms with Crippen molar-refractivity contribution >= 4 is 10.9 Å². The molecule has 8 heteroatoms. The molecule has 8 nitrogen and oxygen atoms in total. The first-order valence-corrected chi connectivity index (χ1v) is 12.8. The summed E-state index contributed by atoms with van der Waals surface area (Å²) < 4.78 is 7.88. The third-order valence-electron chi connectivity index (χ3n) is 7.32. The van der Waals surface area contributed by atoms with Crippen molar-refractivity contribution in [1.29, 1.82) is 0 Å². The fourth-order valence-electron chi connectivity index (χ4n) is 5.18. The highest BCUT2D eigenvalue weighted by molar-refractivity contribution is 5.83. The van der Waals surface area contributed by atoms with E-state index in [1.54, 1.807) is 0 Å². The Kier molecular flexibility index (Phi) is 7.25. The van der Waals surface area contributed by atoms with E-state index < -0.39 is 0 Å². The fraction of sp³-hybridized carbons (Fsp3) is 0.429. The van der Waals surface area contributed by atoms with Crippen molar-refractivity contribution in [2.75, 3.05) is 13.2 Å². The van der Waals surface area contributed by atoms with Crippen molar-refractivity contribution in [2.24, 2.45) is 0 Å². The molecule has 0 bridgehead atoms. The van der Waals surface area contributed by atoms with Gasteiger partial charge in [-0.3, -0.25) is 9.69 Å². The summed E-state index contributed by atoms with van der Waals surface area (Å²) in [7, 11) is 0. The van der Waals surface area contributed by atoms with Gasteiger partial charge in [0, 0.05) is 25.3 Å². The van der Waals surface area contributed by atoms with Crippen LogP contribution in [0.4, 0.5) is 0 Å². The molecule has 0 radical (unpaired) electrons. The van der Waals surface area contributed by atoms with Crippen molar-refractivity contribution < 1.29 is 4.74 Å². The van der Waals surface area contributed by atoms with E-state index >= 15 is 0 Å². The van der Waals surface area contributed by atoms with E-state index in [0.29, 0.717) is 13.1 Å². The van der Waals surface area contributed by atoms with Crippen LogP contribution in [0.3, 0.4) is 0 Å². The molecule has 1 aliphatic rings. The molecule has 0 unspecified atom stereocenters. The maximum absolute atomic E-state index is 13.2. The predicted octanol–water partition coefficient (Wildman–Crippen LogP) is 4.31. The first-order valence-electron chi connectivity index (χ1n) is 12.8. The second-order valence-electron chi connectivity index (χ2n) is 9.76. The Labute approximate surface area is 211 Å². The number of tetrazole rings is 1. The lowest BCUT2D eigenvalue weighted by Gasteiger charge is -2.32. The Morgan fingerprint density at radius 1 is 1.19 bits per heavy atom. The van der Waals surface area contributed by atoms with Gasteiger partial charge in [-0.1, -0.05) is 49.4 Å². The van der Waals surface area contributed by atoms with Gasteiger partial charge in [-0.05, 0) is 71.7 Å². The predicted molar refractivity (Wildman–Crippen MR) is 140 cm³/mol. The number of aromatic nitrogens is 5. The largest absolute Gasteiger partial charge is 0.377 e. The van der Waals surface area contributed by atoms with Crippen LogP contribution < -0.4 is 5.56 Å². The third kappa shape index (κ3) is 5.10. The first-order chi connectivity index (χ1) is 17.5. The van der Waals surface area contributed by atoms with Crippen molar-refractivity contribution in [3.63, 3.8) is 0 Å². The number of nitrogens with zero attached hydrogens (tertiary/aromatic N) is 5. The van der Waals surface area contributed by atoms with E-state index in [1.165, 1.54) is 5.56 Å². The van der Waals surface area contributed by atoms with E-state index in [9.17, 15) is 4.79 Å². The smallest absolute Gasteiger partial charge is 0.252 e. The summed E-state index contributed by atoms with van der Waals surface area (Å²) in [5, 5.41) is 13.8. The summed E-state index contributed by atoms with van der Waals surface area (Å²) in [4.78, 5) is 18.7. The van der Waals surface area contributed by atoms with Crippen molar-refractivity contribution in [1.82, 2.24) is 30.1 Å². The van der Waals surface area contributed by atoms with Gasteiger partial charge in [0.15, 0.2) is 5.82 Å². The summed E-state index contributed by atoms with van der Waals surface area (Å²) >= 11 is 0. The van der Waals surface area contributed by atoms with Crippen LogP contribution in [0.5, 0.6) is 0 Å². The highest BCUT2D eigenvalue weighted by Crippen LogP contribution is 2.27. The molecule has 1 N–H and O–H groups in total. The number of fused-ring (bicyclic) bond motifs is 1. The minimum Gasteiger partial charge on any atom is -0.377 e. The molecule has 0 aliphatic carbocycles. The molecule has 0 saturated carbocycles. The second-order valence-corrected chi connectivity index (χ2v) is 9.76. The van der Waals surface area contributed by atoms with E-state index in [-0.39, 0.29) is 17.7 Å². The molecule has 2 aromatic heterocycles. The van der Waals surface area contributed by atoms with Crippen LogP contribution in [-0.2, 0) is 17.8 Å². The van der Waals surface area contributed by atoms with E-state index in [1.807, 2.05) is 28.9 Å². The normalized spacial score (nSPS) is 16.7. The fourth-order valence-corrected chi connectivity index (χ4v) is 5.18. The van der Waals surface area contributed by atoms with Crippen molar-refractivity contribution in [2.45, 2.75) is 65.3 Å². The van der Waals surface area contributed by atoms with Crippen LogP contribution in [0.1, 0.15) is 60.3 Å². The SMILES string of the molecule is CC[C@H](c1nnnn1Cc1ccccc1)N(Cc1cc2ccc(C)c(C)c2[nH]c1=O)C[C@H]1CCCO1. The molecular weight excluding hydrogens is 452 g/mol. The van der Waals surface area contributed by atoms with Gasteiger partial charge in [-0.25, -0.2) is 4.68 Å². The first kappa shape index (κ1) is 24.3. The monoisotopic (exact) mass is 486 g/mol. The van der Waals surface area contributed by atoms with Crippen LogP contribution in [0, 0.1) is 13.8 Å². The molecule has 1 fully saturated rings. The lowest BCUT2D eigenvalue weighted by Crippen LogP contribution is -2.37. The molecule has 5 rings (SSSR count). The number of pyridine rings is 1. The Balaban J connectivity index is 1.49. The highest BCUT2D eigenvalue weighted by atomic mass is 16.5. The zero-order chi connectivity index (χ0) is 25.1. The lowest BCUT2D eigenvalue weighted by atomic mass is 10.0. The molecule has 4 aromatic rings. The van der Waals surface area contributed by atoms with Crippen molar-refractivity contribution in [3.05, 3.63) is 87.0 Å². The summed E-state index contributed by atoms with van der Waals surface area (Å²) in [6.45, 7) is 8.87. The van der Waals surface area contributed by atoms with E-state index in [0.717, 1.165) is 65.8 Å². The average Bonchev–Trinajstić information content (AvgIpc) is 3.56. The van der Waals surface area contributed by atoms with Gasteiger partial charge in [0.05, 0.1) is 24.2 Å². The summed E-state index contributed by atoms with van der Waals surface area (Å²) in [6, 6.07) is 16.4. The second kappa shape index (κ2) is 10.7. The molecular formula is C28H34N6O2.